The van der Waals surface area contributed by atoms with Crippen molar-refractivity contribution in [2.75, 3.05) is 26.2 Å². The molecule has 6 heteroatoms. The summed E-state index contributed by atoms with van der Waals surface area (Å²) in [5.41, 5.74) is 0.710. The first-order chi connectivity index (χ1) is 11.6. The van der Waals surface area contributed by atoms with Crippen LogP contribution < -0.4 is 0 Å². The van der Waals surface area contributed by atoms with Gasteiger partial charge in [-0.05, 0) is 50.4 Å². The van der Waals surface area contributed by atoms with Crippen LogP contribution in [0.3, 0.4) is 0 Å². The highest BCUT2D eigenvalue weighted by Gasteiger charge is 2.28. The van der Waals surface area contributed by atoms with E-state index in [1.165, 1.54) is 37.5 Å². The van der Waals surface area contributed by atoms with Crippen molar-refractivity contribution in [3.05, 3.63) is 46.0 Å². The van der Waals surface area contributed by atoms with Gasteiger partial charge in [0.05, 0.1) is 4.92 Å². The van der Waals surface area contributed by atoms with Crippen molar-refractivity contribution in [2.45, 2.75) is 31.7 Å². The van der Waals surface area contributed by atoms with Gasteiger partial charge in [0.1, 0.15) is 0 Å². The molecule has 2 saturated heterocycles. The van der Waals surface area contributed by atoms with Crippen LogP contribution in [0.2, 0.25) is 0 Å². The third-order valence-corrected chi connectivity index (χ3v) is 4.86. The molecule has 0 radical (unpaired) electrons. The number of carbonyl (C=O) groups is 1. The van der Waals surface area contributed by atoms with Gasteiger partial charge in [0.25, 0.3) is 5.69 Å². The van der Waals surface area contributed by atoms with Crippen molar-refractivity contribution in [3.63, 3.8) is 0 Å². The van der Waals surface area contributed by atoms with Crippen molar-refractivity contribution < 1.29 is 9.72 Å². The molecule has 24 heavy (non-hydrogen) atoms. The molecule has 0 bridgehead atoms. The van der Waals surface area contributed by atoms with E-state index >= 15 is 0 Å². The van der Waals surface area contributed by atoms with E-state index in [4.69, 9.17) is 0 Å². The second kappa shape index (κ2) is 7.57. The molecule has 0 aliphatic carbocycles. The van der Waals surface area contributed by atoms with Gasteiger partial charge in [-0.3, -0.25) is 19.8 Å². The lowest BCUT2D eigenvalue weighted by Crippen LogP contribution is -2.48. The number of non-ortho nitro benzene ring substituents is 1. The number of hydrogen-bond donors (Lipinski definition) is 0. The first kappa shape index (κ1) is 16.6. The van der Waals surface area contributed by atoms with Crippen LogP contribution >= 0.6 is 0 Å². The maximum Gasteiger partial charge on any atom is 0.270 e. The number of benzene rings is 1. The molecule has 0 unspecified atom stereocenters. The molecule has 2 aliphatic heterocycles. The quantitative estimate of drug-likeness (QED) is 0.484. The monoisotopic (exact) mass is 329 g/mol. The van der Waals surface area contributed by atoms with Crippen molar-refractivity contribution in [1.29, 1.82) is 0 Å². The van der Waals surface area contributed by atoms with Gasteiger partial charge in [0.2, 0.25) is 5.91 Å². The molecule has 0 N–H and O–H groups in total. The zero-order valence-corrected chi connectivity index (χ0v) is 13.8. The van der Waals surface area contributed by atoms with Crippen LogP contribution in [0.25, 0.3) is 6.08 Å². The van der Waals surface area contributed by atoms with Gasteiger partial charge < -0.3 is 4.90 Å². The average molecular weight is 329 g/mol. The van der Waals surface area contributed by atoms with Gasteiger partial charge in [-0.1, -0.05) is 12.1 Å². The third kappa shape index (κ3) is 4.00. The summed E-state index contributed by atoms with van der Waals surface area (Å²) in [5.74, 6) is -0.00889. The summed E-state index contributed by atoms with van der Waals surface area (Å²) in [6.45, 7) is 3.88. The molecular formula is C18H23N3O3. The Bertz CT molecular complexity index is 638. The molecule has 2 fully saturated rings. The topological polar surface area (TPSA) is 66.7 Å². The van der Waals surface area contributed by atoms with E-state index in [0.717, 1.165) is 32.6 Å². The molecule has 2 aliphatic rings. The standard InChI is InChI=1S/C18H23N3O3/c22-18(9-8-15-5-3-6-16(13-15)21(23)24)20-12-4-7-17(14-20)19-10-1-2-11-19/h3,5-6,8-9,13,17H,1-2,4,7,10-12,14H2/b9-8+/t17-/m0/s1. The van der Waals surface area contributed by atoms with Crippen LogP contribution in [0.4, 0.5) is 5.69 Å². The summed E-state index contributed by atoms with van der Waals surface area (Å²) >= 11 is 0. The normalized spacial score (nSPS) is 22.2. The highest BCUT2D eigenvalue weighted by molar-refractivity contribution is 5.92. The maximum atomic E-state index is 12.4. The van der Waals surface area contributed by atoms with Crippen molar-refractivity contribution in [1.82, 2.24) is 9.80 Å². The Morgan fingerprint density at radius 2 is 2.00 bits per heavy atom. The Kier molecular flexibility index (Phi) is 5.25. The van der Waals surface area contributed by atoms with Crippen molar-refractivity contribution in [3.8, 4) is 0 Å². The number of likely N-dealkylation sites (tertiary alicyclic amines) is 2. The Morgan fingerprint density at radius 1 is 1.21 bits per heavy atom. The van der Waals surface area contributed by atoms with Crippen LogP contribution in [0.5, 0.6) is 0 Å². The maximum absolute atomic E-state index is 12.4. The lowest BCUT2D eigenvalue weighted by atomic mass is 10.0. The number of piperidine rings is 1. The average Bonchev–Trinajstić information content (AvgIpc) is 3.15. The Morgan fingerprint density at radius 3 is 2.75 bits per heavy atom. The number of carbonyl (C=O) groups excluding carboxylic acids is 1. The molecule has 6 nitrogen and oxygen atoms in total. The molecular weight excluding hydrogens is 306 g/mol. The predicted octanol–water partition coefficient (Wildman–Crippen LogP) is 2.69. The fourth-order valence-electron chi connectivity index (χ4n) is 3.57. The fourth-order valence-corrected chi connectivity index (χ4v) is 3.57. The summed E-state index contributed by atoms with van der Waals surface area (Å²) in [7, 11) is 0. The minimum atomic E-state index is -0.426. The zero-order chi connectivity index (χ0) is 16.9. The van der Waals surface area contributed by atoms with E-state index < -0.39 is 4.92 Å². The Balaban J connectivity index is 1.61. The summed E-state index contributed by atoms with van der Waals surface area (Å²) in [4.78, 5) is 27.2. The third-order valence-electron chi connectivity index (χ3n) is 4.86. The van der Waals surface area contributed by atoms with E-state index in [0.29, 0.717) is 11.6 Å². The SMILES string of the molecule is O=C(/C=C/c1cccc([N+](=O)[O-])c1)N1CCC[C@H](N2CCCC2)C1. The number of amides is 1. The van der Waals surface area contributed by atoms with Gasteiger partial charge in [-0.25, -0.2) is 0 Å². The molecule has 128 valence electrons. The van der Waals surface area contributed by atoms with Gasteiger partial charge >= 0.3 is 0 Å². The van der Waals surface area contributed by atoms with Crippen LogP contribution in [-0.4, -0.2) is 52.9 Å². The molecule has 0 spiro atoms. The minimum absolute atomic E-state index is 0.00889. The second-order valence-corrected chi connectivity index (χ2v) is 6.51. The van der Waals surface area contributed by atoms with Crippen molar-refractivity contribution >= 4 is 17.7 Å². The lowest BCUT2D eigenvalue weighted by molar-refractivity contribution is -0.384. The minimum Gasteiger partial charge on any atom is -0.338 e. The second-order valence-electron chi connectivity index (χ2n) is 6.51. The van der Waals surface area contributed by atoms with E-state index in [1.807, 2.05) is 4.90 Å². The fraction of sp³-hybridized carbons (Fsp3) is 0.500. The highest BCUT2D eigenvalue weighted by Crippen LogP contribution is 2.21. The predicted molar refractivity (Wildman–Crippen MR) is 92.5 cm³/mol. The number of hydrogen-bond acceptors (Lipinski definition) is 4. The number of rotatable bonds is 4. The van der Waals surface area contributed by atoms with Crippen LogP contribution in [0.15, 0.2) is 30.3 Å². The number of nitro benzene ring substituents is 1. The van der Waals surface area contributed by atoms with Gasteiger partial charge in [-0.2, -0.15) is 0 Å². The van der Waals surface area contributed by atoms with E-state index in [2.05, 4.69) is 4.90 Å². The molecule has 1 aromatic carbocycles. The first-order valence-electron chi connectivity index (χ1n) is 8.59. The molecule has 0 aromatic heterocycles. The van der Waals surface area contributed by atoms with Crippen molar-refractivity contribution in [2.24, 2.45) is 0 Å². The van der Waals surface area contributed by atoms with Gasteiger partial charge in [0.15, 0.2) is 0 Å². The molecule has 0 saturated carbocycles. The first-order valence-corrected chi connectivity index (χ1v) is 8.59. The largest absolute Gasteiger partial charge is 0.338 e. The van der Waals surface area contributed by atoms with Gasteiger partial charge in [-0.15, -0.1) is 0 Å². The molecule has 3 rings (SSSR count). The zero-order valence-electron chi connectivity index (χ0n) is 13.8. The van der Waals surface area contributed by atoms with Crippen LogP contribution in [-0.2, 0) is 4.79 Å². The van der Waals surface area contributed by atoms with E-state index in [1.54, 1.807) is 18.2 Å². The summed E-state index contributed by atoms with van der Waals surface area (Å²) in [6, 6.07) is 6.81. The highest BCUT2D eigenvalue weighted by atomic mass is 16.6. The number of nitrogens with zero attached hydrogens (tertiary/aromatic N) is 3. The molecule has 2 heterocycles. The van der Waals surface area contributed by atoms with Gasteiger partial charge in [0, 0.05) is 37.3 Å². The summed E-state index contributed by atoms with van der Waals surface area (Å²) in [6.07, 6.45) is 7.92. The Hall–Kier alpha value is -2.21. The Labute approximate surface area is 141 Å². The van der Waals surface area contributed by atoms with E-state index in [9.17, 15) is 14.9 Å². The lowest BCUT2D eigenvalue weighted by Gasteiger charge is -2.37. The smallest absolute Gasteiger partial charge is 0.270 e. The van der Waals surface area contributed by atoms with Crippen LogP contribution in [0.1, 0.15) is 31.2 Å². The summed E-state index contributed by atoms with van der Waals surface area (Å²) < 4.78 is 0. The molecule has 1 aromatic rings. The molecule has 1 amide bonds. The number of nitro groups is 1. The van der Waals surface area contributed by atoms with E-state index in [-0.39, 0.29) is 11.6 Å². The van der Waals surface area contributed by atoms with Crippen LogP contribution in [0, 0.1) is 10.1 Å². The molecule has 1 atom stereocenters. The summed E-state index contributed by atoms with van der Waals surface area (Å²) in [5, 5.41) is 10.8.